The molecule has 7 heteroatoms. The van der Waals surface area contributed by atoms with Gasteiger partial charge in [-0.15, -0.1) is 0 Å². The summed E-state index contributed by atoms with van der Waals surface area (Å²) in [6, 6.07) is 12.6. The number of rotatable bonds is 4. The summed E-state index contributed by atoms with van der Waals surface area (Å²) in [5.74, 6) is -1.37. The lowest BCUT2D eigenvalue weighted by atomic mass is 10.3. The lowest BCUT2D eigenvalue weighted by molar-refractivity contribution is 0.585. The molecule has 2 aromatic carbocycles. The molecule has 3 aromatic rings. The molecule has 0 unspecified atom stereocenters. The second-order valence-electron chi connectivity index (χ2n) is 5.03. The van der Waals surface area contributed by atoms with E-state index in [2.05, 4.69) is 15.6 Å². The standard InChI is InChI=1S/C17H13ClF2N4/c1-11-14(10-21-22-16-8-7-12(19)9-15(16)20)17(18)24(23-11)13-5-3-2-4-6-13/h2-10,22H,1H3. The number of anilines is 1. The second kappa shape index (κ2) is 6.80. The quantitative estimate of drug-likeness (QED) is 0.556. The van der Waals surface area contributed by atoms with Crippen LogP contribution in [0.1, 0.15) is 11.3 Å². The zero-order valence-corrected chi connectivity index (χ0v) is 13.4. The number of halogens is 3. The molecule has 0 saturated carbocycles. The fourth-order valence-electron chi connectivity index (χ4n) is 2.14. The minimum Gasteiger partial charge on any atom is -0.276 e. The van der Waals surface area contributed by atoms with Gasteiger partial charge < -0.3 is 0 Å². The normalized spacial score (nSPS) is 11.2. The molecular weight excluding hydrogens is 334 g/mol. The van der Waals surface area contributed by atoms with Gasteiger partial charge in [0.05, 0.1) is 28.8 Å². The molecule has 0 atom stereocenters. The first-order valence-corrected chi connectivity index (χ1v) is 7.48. The van der Waals surface area contributed by atoms with Gasteiger partial charge in [-0.3, -0.25) is 5.43 Å². The lowest BCUT2D eigenvalue weighted by Gasteiger charge is -2.02. The molecule has 1 N–H and O–H groups in total. The summed E-state index contributed by atoms with van der Waals surface area (Å²) in [4.78, 5) is 0. The third-order valence-electron chi connectivity index (χ3n) is 3.36. The second-order valence-corrected chi connectivity index (χ2v) is 5.39. The number of hydrogen-bond donors (Lipinski definition) is 1. The van der Waals surface area contributed by atoms with Gasteiger partial charge in [-0.2, -0.15) is 10.2 Å². The molecular formula is C17H13ClF2N4. The first-order chi connectivity index (χ1) is 11.6. The molecule has 0 bridgehead atoms. The van der Waals surface area contributed by atoms with E-state index in [-0.39, 0.29) is 5.69 Å². The van der Waals surface area contributed by atoms with Gasteiger partial charge >= 0.3 is 0 Å². The number of aryl methyl sites for hydroxylation is 1. The van der Waals surface area contributed by atoms with Crippen LogP contribution in [0.25, 0.3) is 5.69 Å². The highest BCUT2D eigenvalue weighted by Gasteiger charge is 2.13. The van der Waals surface area contributed by atoms with Gasteiger partial charge in [0.25, 0.3) is 0 Å². The molecule has 0 aliphatic carbocycles. The first kappa shape index (κ1) is 16.1. The number of para-hydroxylation sites is 1. The van der Waals surface area contributed by atoms with Crippen molar-refractivity contribution in [3.63, 3.8) is 0 Å². The van der Waals surface area contributed by atoms with Gasteiger partial charge in [0, 0.05) is 6.07 Å². The molecule has 122 valence electrons. The largest absolute Gasteiger partial charge is 0.276 e. The topological polar surface area (TPSA) is 42.2 Å². The number of nitrogens with zero attached hydrogens (tertiary/aromatic N) is 3. The SMILES string of the molecule is Cc1nn(-c2ccccc2)c(Cl)c1C=NNc1ccc(F)cc1F. The summed E-state index contributed by atoms with van der Waals surface area (Å²) >= 11 is 6.36. The summed E-state index contributed by atoms with van der Waals surface area (Å²) in [5.41, 5.74) is 4.69. The minimum absolute atomic E-state index is 0.0666. The maximum Gasteiger partial charge on any atom is 0.151 e. The number of hydrazone groups is 1. The Morgan fingerprint density at radius 2 is 1.92 bits per heavy atom. The summed E-state index contributed by atoms with van der Waals surface area (Å²) in [6.07, 6.45) is 1.45. The van der Waals surface area contributed by atoms with Gasteiger partial charge in [-0.1, -0.05) is 29.8 Å². The van der Waals surface area contributed by atoms with Crippen LogP contribution in [0.2, 0.25) is 5.15 Å². The van der Waals surface area contributed by atoms with Crippen LogP contribution in [0.3, 0.4) is 0 Å². The fraction of sp³-hybridized carbons (Fsp3) is 0.0588. The Kier molecular flexibility index (Phi) is 4.57. The van der Waals surface area contributed by atoms with Crippen LogP contribution in [0, 0.1) is 18.6 Å². The van der Waals surface area contributed by atoms with Crippen LogP contribution in [0.5, 0.6) is 0 Å². The van der Waals surface area contributed by atoms with Gasteiger partial charge in [0.15, 0.2) is 5.82 Å². The number of benzene rings is 2. The molecule has 0 aliphatic heterocycles. The zero-order chi connectivity index (χ0) is 17.1. The summed E-state index contributed by atoms with van der Waals surface area (Å²) in [7, 11) is 0. The molecule has 3 rings (SSSR count). The molecule has 1 aromatic heterocycles. The summed E-state index contributed by atoms with van der Waals surface area (Å²) < 4.78 is 28.0. The van der Waals surface area contributed by atoms with Crippen LogP contribution in [0.15, 0.2) is 53.6 Å². The average molecular weight is 347 g/mol. The van der Waals surface area contributed by atoms with Crippen molar-refractivity contribution in [2.75, 3.05) is 5.43 Å². The predicted octanol–water partition coefficient (Wildman–Crippen LogP) is 4.56. The monoisotopic (exact) mass is 346 g/mol. The molecule has 0 fully saturated rings. The molecule has 0 radical (unpaired) electrons. The van der Waals surface area contributed by atoms with Gasteiger partial charge in [0.1, 0.15) is 11.0 Å². The average Bonchev–Trinajstić information content (AvgIpc) is 2.85. The van der Waals surface area contributed by atoms with Crippen molar-refractivity contribution in [2.24, 2.45) is 5.10 Å². The first-order valence-electron chi connectivity index (χ1n) is 7.11. The molecule has 0 aliphatic rings. The van der Waals surface area contributed by atoms with Crippen molar-refractivity contribution in [1.29, 1.82) is 0 Å². The molecule has 1 heterocycles. The van der Waals surface area contributed by atoms with E-state index in [0.29, 0.717) is 16.4 Å². The van der Waals surface area contributed by atoms with E-state index in [1.54, 1.807) is 11.6 Å². The van der Waals surface area contributed by atoms with Crippen LogP contribution in [-0.4, -0.2) is 16.0 Å². The van der Waals surface area contributed by atoms with E-state index in [4.69, 9.17) is 11.6 Å². The molecule has 0 amide bonds. The van der Waals surface area contributed by atoms with Crippen molar-refractivity contribution < 1.29 is 8.78 Å². The highest BCUT2D eigenvalue weighted by Crippen LogP contribution is 2.22. The highest BCUT2D eigenvalue weighted by atomic mass is 35.5. The van der Waals surface area contributed by atoms with E-state index >= 15 is 0 Å². The van der Waals surface area contributed by atoms with E-state index in [1.165, 1.54) is 12.3 Å². The Morgan fingerprint density at radius 1 is 1.17 bits per heavy atom. The maximum absolute atomic E-state index is 13.5. The molecule has 4 nitrogen and oxygen atoms in total. The summed E-state index contributed by atoms with van der Waals surface area (Å²) in [6.45, 7) is 1.80. The van der Waals surface area contributed by atoms with Crippen LogP contribution < -0.4 is 5.43 Å². The summed E-state index contributed by atoms with van der Waals surface area (Å²) in [5, 5.41) is 8.73. The van der Waals surface area contributed by atoms with Crippen molar-refractivity contribution in [2.45, 2.75) is 6.92 Å². The third-order valence-corrected chi connectivity index (χ3v) is 3.72. The zero-order valence-electron chi connectivity index (χ0n) is 12.7. The van der Waals surface area contributed by atoms with Crippen LogP contribution in [-0.2, 0) is 0 Å². The molecule has 0 spiro atoms. The third kappa shape index (κ3) is 3.28. The molecule has 0 saturated heterocycles. The fourth-order valence-corrected chi connectivity index (χ4v) is 2.47. The van der Waals surface area contributed by atoms with Gasteiger partial charge in [-0.05, 0) is 31.2 Å². The number of hydrogen-bond acceptors (Lipinski definition) is 3. The highest BCUT2D eigenvalue weighted by molar-refractivity contribution is 6.32. The Morgan fingerprint density at radius 3 is 2.62 bits per heavy atom. The predicted molar refractivity (Wildman–Crippen MR) is 90.9 cm³/mol. The van der Waals surface area contributed by atoms with Gasteiger partial charge in [-0.25, -0.2) is 13.5 Å². The lowest BCUT2D eigenvalue weighted by Crippen LogP contribution is -1.96. The molecule has 24 heavy (non-hydrogen) atoms. The van der Waals surface area contributed by atoms with Crippen molar-refractivity contribution >= 4 is 23.5 Å². The van der Waals surface area contributed by atoms with Crippen molar-refractivity contribution in [1.82, 2.24) is 9.78 Å². The Labute approximate surface area is 142 Å². The van der Waals surface area contributed by atoms with Crippen LogP contribution >= 0.6 is 11.6 Å². The van der Waals surface area contributed by atoms with Crippen LogP contribution in [0.4, 0.5) is 14.5 Å². The van der Waals surface area contributed by atoms with Crippen molar-refractivity contribution in [3.8, 4) is 5.69 Å². The van der Waals surface area contributed by atoms with Crippen molar-refractivity contribution in [3.05, 3.63) is 76.6 Å². The van der Waals surface area contributed by atoms with E-state index in [1.807, 2.05) is 30.3 Å². The Bertz CT molecular complexity index is 891. The minimum atomic E-state index is -0.727. The Hall–Kier alpha value is -2.73. The van der Waals surface area contributed by atoms with E-state index < -0.39 is 11.6 Å². The van der Waals surface area contributed by atoms with E-state index in [0.717, 1.165) is 17.8 Å². The van der Waals surface area contributed by atoms with E-state index in [9.17, 15) is 8.78 Å². The van der Waals surface area contributed by atoms with Gasteiger partial charge in [0.2, 0.25) is 0 Å². The maximum atomic E-state index is 13.5. The number of aromatic nitrogens is 2. The number of nitrogens with one attached hydrogen (secondary N) is 1. The Balaban J connectivity index is 1.84. The smallest absolute Gasteiger partial charge is 0.151 e.